The van der Waals surface area contributed by atoms with Crippen LogP contribution in [-0.4, -0.2) is 71.7 Å². The number of fused-ring (bicyclic) bond motifs is 1. The first-order valence-corrected chi connectivity index (χ1v) is 14.0. The minimum atomic E-state index is -1.06. The zero-order chi connectivity index (χ0) is 31.1. The van der Waals surface area contributed by atoms with Gasteiger partial charge in [0.25, 0.3) is 0 Å². The lowest BCUT2D eigenvalue weighted by Gasteiger charge is -2.32. The molecule has 2 atom stereocenters. The number of oxime groups is 1. The third kappa shape index (κ3) is 8.63. The number of nitrogens with zero attached hydrogens (tertiary/aromatic N) is 3. The molecule has 228 valence electrons. The van der Waals surface area contributed by atoms with Gasteiger partial charge in [0.1, 0.15) is 23.6 Å². The topological polar surface area (TPSA) is 162 Å². The van der Waals surface area contributed by atoms with E-state index in [-0.39, 0.29) is 24.6 Å². The molecule has 0 aliphatic carbocycles. The Labute approximate surface area is 250 Å². The number of ether oxygens (including phenoxy) is 2. The number of amidine groups is 1. The van der Waals surface area contributed by atoms with Crippen molar-refractivity contribution in [3.8, 4) is 0 Å². The van der Waals surface area contributed by atoms with E-state index in [1.807, 2.05) is 24.3 Å². The van der Waals surface area contributed by atoms with Crippen LogP contribution in [0.25, 0.3) is 0 Å². The van der Waals surface area contributed by atoms with Crippen LogP contribution in [0.3, 0.4) is 0 Å². The highest BCUT2D eigenvalue weighted by atomic mass is 16.6. The highest BCUT2D eigenvalue weighted by Crippen LogP contribution is 2.22. The lowest BCUT2D eigenvalue weighted by Crippen LogP contribution is -2.51. The van der Waals surface area contributed by atoms with E-state index >= 15 is 0 Å². The van der Waals surface area contributed by atoms with Gasteiger partial charge in [0.2, 0.25) is 11.8 Å². The first-order chi connectivity index (χ1) is 20.4. The number of aliphatic imine (C=N–C) groups is 1. The predicted octanol–water partition coefficient (Wildman–Crippen LogP) is 2.84. The van der Waals surface area contributed by atoms with Gasteiger partial charge in [-0.1, -0.05) is 53.7 Å². The van der Waals surface area contributed by atoms with Crippen LogP contribution in [0, 0.1) is 0 Å². The van der Waals surface area contributed by atoms with Gasteiger partial charge in [0, 0.05) is 25.1 Å². The van der Waals surface area contributed by atoms with Crippen LogP contribution in [0.2, 0.25) is 0 Å². The number of nitrogens with one attached hydrogen (secondary N) is 1. The van der Waals surface area contributed by atoms with Gasteiger partial charge < -0.3 is 30.3 Å². The molecule has 0 saturated heterocycles. The fourth-order valence-corrected chi connectivity index (χ4v) is 4.80. The molecular weight excluding hydrogens is 554 g/mol. The first kappa shape index (κ1) is 31.2. The van der Waals surface area contributed by atoms with E-state index in [2.05, 4.69) is 15.5 Å². The van der Waals surface area contributed by atoms with E-state index in [0.29, 0.717) is 37.2 Å². The Morgan fingerprint density at radius 3 is 2.49 bits per heavy atom. The second-order valence-corrected chi connectivity index (χ2v) is 11.4. The normalized spacial score (nSPS) is 17.2. The number of hydrogen-bond acceptors (Lipinski definition) is 8. The Bertz CT molecular complexity index is 1430. The number of benzene rings is 2. The number of carbonyl (C=O) groups excluding carboxylic acids is 4. The van der Waals surface area contributed by atoms with Crippen molar-refractivity contribution in [3.63, 3.8) is 0 Å². The van der Waals surface area contributed by atoms with E-state index in [1.54, 1.807) is 49.9 Å². The highest BCUT2D eigenvalue weighted by molar-refractivity contribution is 6.05. The van der Waals surface area contributed by atoms with Gasteiger partial charge in [0.05, 0.1) is 25.7 Å². The summed E-state index contributed by atoms with van der Waals surface area (Å²) in [6, 6.07) is 13.7. The molecule has 0 saturated carbocycles. The minimum absolute atomic E-state index is 0.0183. The van der Waals surface area contributed by atoms with Gasteiger partial charge in [-0.15, -0.1) is 0 Å². The van der Waals surface area contributed by atoms with Crippen molar-refractivity contribution in [2.24, 2.45) is 15.9 Å². The Hall–Kier alpha value is -4.74. The van der Waals surface area contributed by atoms with Crippen LogP contribution in [0.1, 0.15) is 62.3 Å². The van der Waals surface area contributed by atoms with Crippen molar-refractivity contribution in [1.29, 1.82) is 0 Å². The average Bonchev–Trinajstić information content (AvgIpc) is 3.43. The summed E-state index contributed by atoms with van der Waals surface area (Å²) in [7, 11) is 1.24. The fraction of sp³-hybridized carbons (Fsp3) is 0.419. The highest BCUT2D eigenvalue weighted by Gasteiger charge is 2.32. The molecule has 2 heterocycles. The summed E-state index contributed by atoms with van der Waals surface area (Å²) in [5.74, 6) is -1.36. The summed E-state index contributed by atoms with van der Waals surface area (Å²) in [6.45, 7) is 6.11. The standard InChI is InChI=1S/C31H37N5O7/c1-31(2,3)42-30(40)34-28(32)21-11-9-20(10-12-21)24-15-23(43-35-24)16-26(37)33-25(17-27(38)41-4)29(39)36-14-13-19-7-5-6-8-22(19)18-36/h5-12,23,25H,13-18H2,1-4H3,(H,33,37)(H2,32,34,40)/t23?,25-/m0/s1. The minimum Gasteiger partial charge on any atom is -0.469 e. The van der Waals surface area contributed by atoms with Gasteiger partial charge in [-0.25, -0.2) is 4.79 Å². The number of nitrogens with two attached hydrogens (primary N) is 1. The molecule has 2 aromatic carbocycles. The van der Waals surface area contributed by atoms with Gasteiger partial charge in [-0.05, 0) is 43.9 Å². The van der Waals surface area contributed by atoms with Crippen molar-refractivity contribution < 1.29 is 33.5 Å². The van der Waals surface area contributed by atoms with Crippen molar-refractivity contribution in [3.05, 3.63) is 70.8 Å². The van der Waals surface area contributed by atoms with Crippen molar-refractivity contribution >= 4 is 35.4 Å². The second kappa shape index (κ2) is 13.5. The van der Waals surface area contributed by atoms with Crippen LogP contribution in [0.15, 0.2) is 58.7 Å². The van der Waals surface area contributed by atoms with Crippen LogP contribution in [0.5, 0.6) is 0 Å². The number of esters is 1. The fourth-order valence-electron chi connectivity index (χ4n) is 4.80. The largest absolute Gasteiger partial charge is 0.469 e. The molecular formula is C31H37N5O7. The zero-order valence-corrected chi connectivity index (χ0v) is 24.8. The van der Waals surface area contributed by atoms with E-state index in [1.165, 1.54) is 12.7 Å². The number of rotatable bonds is 8. The van der Waals surface area contributed by atoms with Crippen molar-refractivity contribution in [1.82, 2.24) is 10.2 Å². The smallest absolute Gasteiger partial charge is 0.436 e. The van der Waals surface area contributed by atoms with Crippen LogP contribution in [0.4, 0.5) is 4.79 Å². The van der Waals surface area contributed by atoms with Crippen molar-refractivity contribution in [2.75, 3.05) is 13.7 Å². The maximum Gasteiger partial charge on any atom is 0.436 e. The Kier molecular flexibility index (Phi) is 9.79. The molecule has 0 radical (unpaired) electrons. The molecule has 12 heteroatoms. The van der Waals surface area contributed by atoms with Crippen LogP contribution in [-0.2, 0) is 41.7 Å². The van der Waals surface area contributed by atoms with Crippen molar-refractivity contribution in [2.45, 2.75) is 70.7 Å². The summed E-state index contributed by atoms with van der Waals surface area (Å²) < 4.78 is 9.94. The number of hydrogen-bond donors (Lipinski definition) is 2. The Balaban J connectivity index is 1.32. The molecule has 0 bridgehead atoms. The summed E-state index contributed by atoms with van der Waals surface area (Å²) in [6.07, 6.45) is -0.619. The third-order valence-corrected chi connectivity index (χ3v) is 6.94. The molecule has 3 amide bonds. The molecule has 0 aromatic heterocycles. The quantitative estimate of drug-likeness (QED) is 0.269. The Morgan fingerprint density at radius 2 is 1.81 bits per heavy atom. The molecule has 4 rings (SSSR count). The SMILES string of the molecule is COC(=O)C[C@H](NC(=O)CC1CC(c2ccc(/C(N)=N\C(=O)OC(C)(C)C)cc2)=NO1)C(=O)N1CCc2ccccc2C1. The molecule has 2 aromatic rings. The van der Waals surface area contributed by atoms with Gasteiger partial charge >= 0.3 is 12.1 Å². The number of amides is 3. The summed E-state index contributed by atoms with van der Waals surface area (Å²) in [5, 5.41) is 6.83. The maximum absolute atomic E-state index is 13.4. The van der Waals surface area contributed by atoms with Crippen LogP contribution < -0.4 is 11.1 Å². The lowest BCUT2D eigenvalue weighted by molar-refractivity contribution is -0.146. The summed E-state index contributed by atoms with van der Waals surface area (Å²) in [5.41, 5.74) is 9.41. The summed E-state index contributed by atoms with van der Waals surface area (Å²) >= 11 is 0. The monoisotopic (exact) mass is 591 g/mol. The molecule has 2 aliphatic rings. The molecule has 43 heavy (non-hydrogen) atoms. The molecule has 2 aliphatic heterocycles. The molecule has 1 unspecified atom stereocenters. The van der Waals surface area contributed by atoms with E-state index in [4.69, 9.17) is 20.0 Å². The maximum atomic E-state index is 13.4. The first-order valence-electron chi connectivity index (χ1n) is 14.0. The van der Waals surface area contributed by atoms with Gasteiger partial charge in [0.15, 0.2) is 0 Å². The van der Waals surface area contributed by atoms with E-state index in [9.17, 15) is 19.2 Å². The second-order valence-electron chi connectivity index (χ2n) is 11.4. The van der Waals surface area contributed by atoms with Gasteiger partial charge in [-0.2, -0.15) is 4.99 Å². The Morgan fingerprint density at radius 1 is 1.12 bits per heavy atom. The third-order valence-electron chi connectivity index (χ3n) is 6.94. The lowest BCUT2D eigenvalue weighted by atomic mass is 9.99. The molecule has 0 spiro atoms. The molecule has 0 fully saturated rings. The molecule has 12 nitrogen and oxygen atoms in total. The van der Waals surface area contributed by atoms with Gasteiger partial charge in [-0.3, -0.25) is 14.4 Å². The summed E-state index contributed by atoms with van der Waals surface area (Å²) in [4.78, 5) is 61.3. The van der Waals surface area contributed by atoms with E-state index in [0.717, 1.165) is 11.1 Å². The average molecular weight is 592 g/mol. The van der Waals surface area contributed by atoms with E-state index < -0.39 is 35.7 Å². The van der Waals surface area contributed by atoms with Crippen LogP contribution >= 0.6 is 0 Å². The predicted molar refractivity (Wildman–Crippen MR) is 158 cm³/mol. The number of carbonyl (C=O) groups is 4. The number of methoxy groups -OCH3 is 1. The molecule has 3 N–H and O–H groups in total. The zero-order valence-electron chi connectivity index (χ0n) is 24.8.